The second-order valence-electron chi connectivity index (χ2n) is 9.03. The number of aryl methyl sites for hydroxylation is 2. The van der Waals surface area contributed by atoms with Gasteiger partial charge in [-0.05, 0) is 66.6 Å². The van der Waals surface area contributed by atoms with Gasteiger partial charge in [-0.3, -0.25) is 0 Å². The van der Waals surface area contributed by atoms with Crippen LogP contribution in [0.2, 0.25) is 0 Å². The van der Waals surface area contributed by atoms with Gasteiger partial charge < -0.3 is 18.3 Å². The van der Waals surface area contributed by atoms with Crippen molar-refractivity contribution >= 4 is 11.1 Å². The van der Waals surface area contributed by atoms with E-state index in [0.717, 1.165) is 18.3 Å². The lowest BCUT2D eigenvalue weighted by atomic mass is 9.98. The average Bonchev–Trinajstić information content (AvgIpc) is 3.50. The van der Waals surface area contributed by atoms with Gasteiger partial charge >= 0.3 is 12.5 Å². The molecule has 218 valence electrons. The zero-order valence-electron chi connectivity index (χ0n) is 21.6. The summed E-state index contributed by atoms with van der Waals surface area (Å²) in [5, 5.41) is 0. The van der Waals surface area contributed by atoms with Crippen molar-refractivity contribution in [1.29, 1.82) is 0 Å². The zero-order chi connectivity index (χ0) is 30.4. The van der Waals surface area contributed by atoms with Gasteiger partial charge in [-0.2, -0.15) is 13.2 Å². The lowest BCUT2D eigenvalue weighted by Crippen LogP contribution is -2.16. The van der Waals surface area contributed by atoms with Gasteiger partial charge in [0.2, 0.25) is 0 Å². The van der Waals surface area contributed by atoms with Crippen LogP contribution in [0.3, 0.4) is 0 Å². The minimum atomic E-state index is -4.89. The van der Waals surface area contributed by atoms with E-state index in [2.05, 4.69) is 14.7 Å². The Morgan fingerprint density at radius 2 is 1.55 bits per heavy atom. The Bertz CT molecular complexity index is 1790. The highest BCUT2D eigenvalue weighted by Gasteiger charge is 2.35. The number of aromatic nitrogens is 3. The molecule has 0 aliphatic heterocycles. The standard InChI is InChI=1S/C28H19F6N3O4S/c1-15-35-24(27(29,30)31)14-37(15)23-11-8-19(18-4-3-5-21(12-18)42(38)39)13-22(23)25-26(40-16(2)36-25)17-6-9-20(10-7-17)41-28(32,33)34/h3-14H,1-2H3,(H,38,39). The molecule has 1 N–H and O–H groups in total. The molecular formula is C28H19F6N3O4S. The van der Waals surface area contributed by atoms with Crippen molar-refractivity contribution in [2.24, 2.45) is 0 Å². The summed E-state index contributed by atoms with van der Waals surface area (Å²) in [7, 11) is 0. The Kier molecular flexibility index (Phi) is 7.45. The Morgan fingerprint density at radius 1 is 0.881 bits per heavy atom. The fourth-order valence-corrected chi connectivity index (χ4v) is 4.79. The molecule has 0 spiro atoms. The van der Waals surface area contributed by atoms with E-state index in [1.54, 1.807) is 37.3 Å². The van der Waals surface area contributed by atoms with Crippen molar-refractivity contribution in [1.82, 2.24) is 14.5 Å². The molecule has 0 radical (unpaired) electrons. The second-order valence-corrected chi connectivity index (χ2v) is 10.0. The molecule has 1 unspecified atom stereocenters. The van der Waals surface area contributed by atoms with Crippen LogP contribution in [0.1, 0.15) is 17.4 Å². The monoisotopic (exact) mass is 607 g/mol. The van der Waals surface area contributed by atoms with Crippen LogP contribution in [0.4, 0.5) is 26.3 Å². The molecule has 0 saturated carbocycles. The number of ether oxygens (including phenoxy) is 1. The number of alkyl halides is 6. The number of hydrogen-bond acceptors (Lipinski definition) is 5. The molecule has 5 aromatic rings. The highest BCUT2D eigenvalue weighted by atomic mass is 32.2. The van der Waals surface area contributed by atoms with Gasteiger partial charge in [0, 0.05) is 24.2 Å². The molecule has 42 heavy (non-hydrogen) atoms. The number of imidazole rings is 1. The van der Waals surface area contributed by atoms with Gasteiger partial charge in [0.25, 0.3) is 0 Å². The average molecular weight is 608 g/mol. The maximum absolute atomic E-state index is 13.5. The van der Waals surface area contributed by atoms with Crippen LogP contribution in [0.15, 0.2) is 82.2 Å². The normalized spacial score (nSPS) is 12.9. The van der Waals surface area contributed by atoms with Gasteiger partial charge in [-0.15, -0.1) is 13.2 Å². The summed E-state index contributed by atoms with van der Waals surface area (Å²) in [6.45, 7) is 2.95. The number of halogens is 6. The van der Waals surface area contributed by atoms with E-state index in [1.807, 2.05) is 0 Å². The maximum atomic E-state index is 13.5. The predicted molar refractivity (Wildman–Crippen MR) is 140 cm³/mol. The summed E-state index contributed by atoms with van der Waals surface area (Å²) in [6.07, 6.45) is -8.74. The molecule has 1 atom stereocenters. The lowest BCUT2D eigenvalue weighted by molar-refractivity contribution is -0.274. The Balaban J connectivity index is 1.71. The third kappa shape index (κ3) is 6.09. The third-order valence-corrected chi connectivity index (χ3v) is 6.79. The Hall–Kier alpha value is -4.43. The highest BCUT2D eigenvalue weighted by molar-refractivity contribution is 7.79. The van der Waals surface area contributed by atoms with Crippen molar-refractivity contribution in [3.05, 3.63) is 90.3 Å². The third-order valence-electron chi connectivity index (χ3n) is 6.14. The fourth-order valence-electron chi connectivity index (χ4n) is 4.37. The van der Waals surface area contributed by atoms with Crippen molar-refractivity contribution in [3.8, 4) is 45.1 Å². The first-order valence-electron chi connectivity index (χ1n) is 12.0. The predicted octanol–water partition coefficient (Wildman–Crippen LogP) is 7.98. The second kappa shape index (κ2) is 10.8. The first-order chi connectivity index (χ1) is 19.7. The van der Waals surface area contributed by atoms with Gasteiger partial charge in [0.05, 0.1) is 10.6 Å². The van der Waals surface area contributed by atoms with Crippen molar-refractivity contribution in [3.63, 3.8) is 0 Å². The minimum Gasteiger partial charge on any atom is -0.440 e. The molecule has 2 aromatic heterocycles. The first-order valence-corrected chi connectivity index (χ1v) is 13.1. The van der Waals surface area contributed by atoms with Crippen molar-refractivity contribution < 1.29 is 44.3 Å². The zero-order valence-corrected chi connectivity index (χ0v) is 22.4. The number of oxazole rings is 1. The lowest BCUT2D eigenvalue weighted by Gasteiger charge is -2.14. The molecule has 3 aromatic carbocycles. The van der Waals surface area contributed by atoms with E-state index >= 15 is 0 Å². The Morgan fingerprint density at radius 3 is 2.17 bits per heavy atom. The SMILES string of the molecule is Cc1nc(-c2cc(-c3cccc(S(=O)O)c3)ccc2-n2cc(C(F)(F)F)nc2C)c(-c2ccc(OC(F)(F)F)cc2)o1. The summed E-state index contributed by atoms with van der Waals surface area (Å²) < 4.78 is 111. The topological polar surface area (TPSA) is 90.4 Å². The van der Waals surface area contributed by atoms with E-state index < -0.39 is 35.1 Å². The van der Waals surface area contributed by atoms with Crippen LogP contribution in [0, 0.1) is 13.8 Å². The van der Waals surface area contributed by atoms with E-state index in [4.69, 9.17) is 4.42 Å². The molecule has 0 aliphatic rings. The maximum Gasteiger partial charge on any atom is 0.573 e. The van der Waals surface area contributed by atoms with Gasteiger partial charge in [0.1, 0.15) is 17.3 Å². The molecule has 7 nitrogen and oxygen atoms in total. The van der Waals surface area contributed by atoms with Crippen LogP contribution < -0.4 is 4.74 Å². The summed E-state index contributed by atoms with van der Waals surface area (Å²) in [6, 6.07) is 15.9. The van der Waals surface area contributed by atoms with Crippen molar-refractivity contribution in [2.45, 2.75) is 31.3 Å². The quantitative estimate of drug-likeness (QED) is 0.156. The molecule has 14 heteroatoms. The van der Waals surface area contributed by atoms with E-state index in [-0.39, 0.29) is 33.8 Å². The van der Waals surface area contributed by atoms with Crippen LogP contribution in [0.5, 0.6) is 5.75 Å². The smallest absolute Gasteiger partial charge is 0.440 e. The molecule has 2 heterocycles. The Labute approximate surface area is 236 Å². The van der Waals surface area contributed by atoms with Crippen LogP contribution in [-0.2, 0) is 17.3 Å². The van der Waals surface area contributed by atoms with E-state index in [9.17, 15) is 35.1 Å². The fraction of sp³-hybridized carbons (Fsp3) is 0.143. The van der Waals surface area contributed by atoms with Crippen LogP contribution in [0.25, 0.3) is 39.4 Å². The molecule has 0 aliphatic carbocycles. The number of rotatable bonds is 6. The molecule has 0 amide bonds. The molecule has 5 rings (SSSR count). The van der Waals surface area contributed by atoms with E-state index in [0.29, 0.717) is 22.3 Å². The van der Waals surface area contributed by atoms with Gasteiger partial charge in [-0.25, -0.2) is 14.2 Å². The van der Waals surface area contributed by atoms with Gasteiger partial charge in [-0.1, -0.05) is 18.2 Å². The van der Waals surface area contributed by atoms with Crippen LogP contribution in [-0.4, -0.2) is 29.7 Å². The largest absolute Gasteiger partial charge is 0.573 e. The van der Waals surface area contributed by atoms with Crippen LogP contribution >= 0.6 is 0 Å². The molecular weight excluding hydrogens is 588 g/mol. The molecule has 0 bridgehead atoms. The number of hydrogen-bond donors (Lipinski definition) is 1. The number of benzene rings is 3. The first kappa shape index (κ1) is 29.1. The summed E-state index contributed by atoms with van der Waals surface area (Å²) in [4.78, 5) is 8.26. The molecule has 0 saturated heterocycles. The summed E-state index contributed by atoms with van der Waals surface area (Å²) in [5.74, 6) is -0.0996. The van der Waals surface area contributed by atoms with Crippen molar-refractivity contribution in [2.75, 3.05) is 0 Å². The highest BCUT2D eigenvalue weighted by Crippen LogP contribution is 2.40. The van der Waals surface area contributed by atoms with Gasteiger partial charge in [0.15, 0.2) is 28.4 Å². The van der Waals surface area contributed by atoms with E-state index in [1.165, 1.54) is 35.8 Å². The minimum absolute atomic E-state index is 0.0319. The number of nitrogens with zero attached hydrogens (tertiary/aromatic N) is 3. The summed E-state index contributed by atoms with van der Waals surface area (Å²) >= 11 is -2.26. The molecule has 0 fully saturated rings. The summed E-state index contributed by atoms with van der Waals surface area (Å²) in [5.41, 5.74) is 1.05.